The highest BCUT2D eigenvalue weighted by Gasteiger charge is 2.40. The maximum atomic E-state index is 9.97. The number of halogens is 1. The van der Waals surface area contributed by atoms with Crippen LogP contribution in [0.3, 0.4) is 0 Å². The van der Waals surface area contributed by atoms with Crippen molar-refractivity contribution in [1.29, 1.82) is 0 Å². The van der Waals surface area contributed by atoms with Crippen LogP contribution in [0.1, 0.15) is 84.0 Å². The lowest BCUT2D eigenvalue weighted by Gasteiger charge is -2.28. The Balaban J connectivity index is 2.02. The summed E-state index contributed by atoms with van der Waals surface area (Å²) in [6, 6.07) is 0. The van der Waals surface area contributed by atoms with E-state index in [9.17, 15) is 10.2 Å². The third-order valence-electron chi connectivity index (χ3n) is 4.64. The van der Waals surface area contributed by atoms with Crippen LogP contribution in [0.4, 0.5) is 0 Å². The van der Waals surface area contributed by atoms with Crippen LogP contribution in [0.5, 0.6) is 0 Å². The molecule has 1 aliphatic rings. The van der Waals surface area contributed by atoms with E-state index in [1.807, 2.05) is 23.0 Å². The fourth-order valence-corrected chi connectivity index (χ4v) is 3.67. The van der Waals surface area contributed by atoms with Crippen molar-refractivity contribution >= 4 is 23.0 Å². The molecule has 6 heteroatoms. The van der Waals surface area contributed by atoms with Gasteiger partial charge in [-0.05, 0) is 19.3 Å². The molecule has 0 aromatic heterocycles. The Kier molecular flexibility index (Phi) is 12.9. The minimum atomic E-state index is -0.762. The predicted molar refractivity (Wildman–Crippen MR) is 103 cm³/mol. The molecule has 24 heavy (non-hydrogen) atoms. The van der Waals surface area contributed by atoms with Gasteiger partial charge in [0.1, 0.15) is 28.6 Å². The van der Waals surface area contributed by atoms with Gasteiger partial charge in [-0.3, -0.25) is 0 Å². The van der Waals surface area contributed by atoms with Gasteiger partial charge in [0.15, 0.2) is 12.6 Å². The molecule has 0 amide bonds. The number of aliphatic hydroxyl groups excluding tert-OH is 2. The van der Waals surface area contributed by atoms with Crippen molar-refractivity contribution in [3.05, 3.63) is 0 Å². The van der Waals surface area contributed by atoms with Gasteiger partial charge in [-0.1, -0.05) is 58.3 Å². The summed E-state index contributed by atoms with van der Waals surface area (Å²) in [7, 11) is 0. The summed E-state index contributed by atoms with van der Waals surface area (Å²) in [5, 5.41) is 19.5. The van der Waals surface area contributed by atoms with Crippen molar-refractivity contribution in [2.75, 3.05) is 13.2 Å². The molecule has 0 aromatic carbocycles. The molecule has 5 nitrogen and oxygen atoms in total. The van der Waals surface area contributed by atoms with Crippen LogP contribution in [0.25, 0.3) is 0 Å². The van der Waals surface area contributed by atoms with Crippen molar-refractivity contribution in [2.24, 2.45) is 0 Å². The molecule has 3 atom stereocenters. The highest BCUT2D eigenvalue weighted by molar-refractivity contribution is 14.1. The zero-order chi connectivity index (χ0) is 17.7. The largest absolute Gasteiger partial charge is 0.368 e. The lowest BCUT2D eigenvalue weighted by molar-refractivity contribution is -0.199. The summed E-state index contributed by atoms with van der Waals surface area (Å²) >= 11 is 1.82. The number of rotatable bonds is 15. The highest BCUT2D eigenvalue weighted by Crippen LogP contribution is 2.31. The molecule has 1 heterocycles. The molecule has 1 saturated heterocycles. The van der Waals surface area contributed by atoms with Crippen LogP contribution in [0, 0.1) is 0 Å². The molecular weight excluding hydrogens is 423 g/mol. The first-order valence-electron chi connectivity index (χ1n) is 9.51. The molecule has 0 aliphatic carbocycles. The molecule has 3 unspecified atom stereocenters. The molecule has 1 aliphatic heterocycles. The van der Waals surface area contributed by atoms with Gasteiger partial charge in [-0.25, -0.2) is 0 Å². The lowest BCUT2D eigenvalue weighted by atomic mass is 10.0. The van der Waals surface area contributed by atoms with Crippen LogP contribution < -0.4 is 0 Å². The van der Waals surface area contributed by atoms with E-state index in [4.69, 9.17) is 12.5 Å². The van der Waals surface area contributed by atoms with E-state index in [0.717, 1.165) is 12.8 Å². The highest BCUT2D eigenvalue weighted by atomic mass is 127. The summed E-state index contributed by atoms with van der Waals surface area (Å²) in [4.78, 5) is 0. The second-order valence-corrected chi connectivity index (χ2v) is 7.55. The number of aliphatic hydroxyl groups is 2. The van der Waals surface area contributed by atoms with E-state index in [2.05, 4.69) is 6.92 Å². The molecule has 0 radical (unpaired) electrons. The van der Waals surface area contributed by atoms with Gasteiger partial charge in [0.05, 0.1) is 13.2 Å². The van der Waals surface area contributed by atoms with E-state index in [-0.39, 0.29) is 6.61 Å². The number of unbranched alkanes of at least 4 members (excludes halogenated alkanes) is 8. The Morgan fingerprint density at radius 2 is 1.71 bits per heavy atom. The molecule has 2 N–H and O–H groups in total. The average molecular weight is 458 g/mol. The quantitative estimate of drug-likeness (QED) is 0.215. The Bertz CT molecular complexity index is 301. The summed E-state index contributed by atoms with van der Waals surface area (Å²) < 4.78 is 16.2. The first-order chi connectivity index (χ1) is 11.6. The molecule has 1 rings (SSSR count). The van der Waals surface area contributed by atoms with Gasteiger partial charge in [-0.15, -0.1) is 0 Å². The van der Waals surface area contributed by atoms with Crippen molar-refractivity contribution in [3.8, 4) is 0 Å². The summed E-state index contributed by atoms with van der Waals surface area (Å²) in [6.07, 6.45) is 11.8. The van der Waals surface area contributed by atoms with Gasteiger partial charge < -0.3 is 22.8 Å². The minimum absolute atomic E-state index is 0.256. The third-order valence-corrected chi connectivity index (χ3v) is 4.96. The first-order valence-corrected chi connectivity index (χ1v) is 10.4. The van der Waals surface area contributed by atoms with E-state index in [1.165, 1.54) is 44.9 Å². The minimum Gasteiger partial charge on any atom is -0.368 e. The number of hydrogen-bond donors (Lipinski definition) is 2. The Morgan fingerprint density at radius 3 is 2.25 bits per heavy atom. The number of ether oxygens (including phenoxy) is 2. The standard InChI is InChI=1S/C18H35IO5/c1-2-3-4-5-6-7-8-9-10-11-16(20)22-14-18(15-23-19)13-12-17(21)24-18/h16-17,20-21H,2-15H2,1H3. The van der Waals surface area contributed by atoms with E-state index >= 15 is 0 Å². The zero-order valence-corrected chi connectivity index (χ0v) is 17.2. The third kappa shape index (κ3) is 9.87. The van der Waals surface area contributed by atoms with Crippen molar-refractivity contribution in [1.82, 2.24) is 0 Å². The first kappa shape index (κ1) is 22.6. The average Bonchev–Trinajstić information content (AvgIpc) is 2.93. The molecule has 0 spiro atoms. The maximum Gasteiger partial charge on any atom is 0.155 e. The second kappa shape index (κ2) is 13.7. The smallest absolute Gasteiger partial charge is 0.155 e. The molecule has 0 bridgehead atoms. The van der Waals surface area contributed by atoms with Gasteiger partial charge in [-0.2, -0.15) is 0 Å². The monoisotopic (exact) mass is 458 g/mol. The maximum absolute atomic E-state index is 9.97. The van der Waals surface area contributed by atoms with Crippen LogP contribution in [-0.4, -0.2) is 41.6 Å². The normalized spacial score (nSPS) is 25.2. The second-order valence-electron chi connectivity index (χ2n) is 6.93. The van der Waals surface area contributed by atoms with Crippen LogP contribution in [0.2, 0.25) is 0 Å². The fourth-order valence-electron chi connectivity index (χ4n) is 3.11. The van der Waals surface area contributed by atoms with Crippen molar-refractivity contribution in [2.45, 2.75) is 102 Å². The van der Waals surface area contributed by atoms with Gasteiger partial charge in [0.2, 0.25) is 0 Å². The van der Waals surface area contributed by atoms with Crippen molar-refractivity contribution < 1.29 is 22.8 Å². The Morgan fingerprint density at radius 1 is 1.08 bits per heavy atom. The van der Waals surface area contributed by atoms with Crippen LogP contribution >= 0.6 is 23.0 Å². The molecule has 0 aromatic rings. The summed E-state index contributed by atoms with van der Waals surface area (Å²) in [5.74, 6) is 0. The fraction of sp³-hybridized carbons (Fsp3) is 1.00. The van der Waals surface area contributed by atoms with Gasteiger partial charge in [0, 0.05) is 6.42 Å². The van der Waals surface area contributed by atoms with Gasteiger partial charge >= 0.3 is 0 Å². The molecule has 0 saturated carbocycles. The topological polar surface area (TPSA) is 68.2 Å². The predicted octanol–water partition coefficient (Wildman–Crippen LogP) is 4.48. The van der Waals surface area contributed by atoms with Gasteiger partial charge in [0.25, 0.3) is 0 Å². The van der Waals surface area contributed by atoms with E-state index < -0.39 is 18.2 Å². The summed E-state index contributed by atoms with van der Waals surface area (Å²) in [6.45, 7) is 2.85. The van der Waals surface area contributed by atoms with E-state index in [1.54, 1.807) is 0 Å². The molecule has 1 fully saturated rings. The Labute approximate surface area is 161 Å². The number of hydrogen-bond acceptors (Lipinski definition) is 5. The van der Waals surface area contributed by atoms with Crippen molar-refractivity contribution in [3.63, 3.8) is 0 Å². The summed E-state index contributed by atoms with van der Waals surface area (Å²) in [5.41, 5.74) is -0.625. The molecule has 144 valence electrons. The molecular formula is C18H35IO5. The zero-order valence-electron chi connectivity index (χ0n) is 15.1. The van der Waals surface area contributed by atoms with E-state index in [0.29, 0.717) is 25.9 Å². The lowest BCUT2D eigenvalue weighted by Crippen LogP contribution is -2.40. The SMILES string of the molecule is CCCCCCCCCCCC(O)OCC1(COI)CCC(O)O1. The Hall–Kier alpha value is 0.530. The van der Waals surface area contributed by atoms with Crippen LogP contribution in [-0.2, 0) is 12.5 Å². The van der Waals surface area contributed by atoms with Crippen LogP contribution in [0.15, 0.2) is 0 Å².